The highest BCUT2D eigenvalue weighted by Crippen LogP contribution is 2.34. The number of imidazole rings is 1. The number of halogens is 4. The van der Waals surface area contributed by atoms with Gasteiger partial charge in [0.05, 0.1) is 27.5 Å². The zero-order chi connectivity index (χ0) is 22.9. The SMILES string of the molecule is Fc1ccccc1-n1c(SCc2nc3ccccc3n2C(F)F)nnc1-c1ccccc1Cl. The number of aromatic nitrogens is 5. The van der Waals surface area contributed by atoms with Crippen molar-refractivity contribution in [2.24, 2.45) is 0 Å². The molecule has 10 heteroatoms. The van der Waals surface area contributed by atoms with E-state index in [2.05, 4.69) is 15.2 Å². The molecule has 0 N–H and O–H groups in total. The van der Waals surface area contributed by atoms with Gasteiger partial charge in [0.15, 0.2) is 11.0 Å². The lowest BCUT2D eigenvalue weighted by Crippen LogP contribution is -2.05. The first kappa shape index (κ1) is 21.5. The second-order valence-corrected chi connectivity index (χ2v) is 8.38. The van der Waals surface area contributed by atoms with Crippen molar-refractivity contribution in [3.63, 3.8) is 0 Å². The third-order valence-corrected chi connectivity index (χ3v) is 6.29. The molecule has 0 aliphatic rings. The van der Waals surface area contributed by atoms with Gasteiger partial charge in [0.2, 0.25) is 0 Å². The third-order valence-electron chi connectivity index (χ3n) is 5.04. The van der Waals surface area contributed by atoms with Crippen LogP contribution in [0.4, 0.5) is 13.2 Å². The number of hydrogen-bond donors (Lipinski definition) is 0. The Kier molecular flexibility index (Phi) is 5.82. The molecule has 5 aromatic rings. The van der Waals surface area contributed by atoms with Gasteiger partial charge in [0, 0.05) is 5.56 Å². The highest BCUT2D eigenvalue weighted by molar-refractivity contribution is 7.98. The molecule has 166 valence electrons. The van der Waals surface area contributed by atoms with Gasteiger partial charge in [-0.05, 0) is 36.4 Å². The first-order chi connectivity index (χ1) is 16.0. The number of alkyl halides is 2. The molecule has 3 aromatic carbocycles. The predicted octanol–water partition coefficient (Wildman–Crippen LogP) is 6.76. The van der Waals surface area contributed by atoms with Crippen LogP contribution >= 0.6 is 23.4 Å². The van der Waals surface area contributed by atoms with Gasteiger partial charge in [-0.25, -0.2) is 9.37 Å². The van der Waals surface area contributed by atoms with E-state index < -0.39 is 12.4 Å². The Labute approximate surface area is 195 Å². The number of hydrogen-bond acceptors (Lipinski definition) is 4. The molecule has 5 nitrogen and oxygen atoms in total. The van der Waals surface area contributed by atoms with Gasteiger partial charge in [-0.15, -0.1) is 10.2 Å². The van der Waals surface area contributed by atoms with Crippen molar-refractivity contribution in [3.05, 3.63) is 89.5 Å². The summed E-state index contributed by atoms with van der Waals surface area (Å²) in [5.41, 5.74) is 1.61. The van der Waals surface area contributed by atoms with Gasteiger partial charge < -0.3 is 0 Å². The summed E-state index contributed by atoms with van der Waals surface area (Å²) in [5.74, 6) is 0.120. The summed E-state index contributed by atoms with van der Waals surface area (Å²) in [6.07, 6.45) is 0. The fourth-order valence-electron chi connectivity index (χ4n) is 3.57. The van der Waals surface area contributed by atoms with Crippen LogP contribution in [0.2, 0.25) is 5.02 Å². The van der Waals surface area contributed by atoms with E-state index in [0.717, 1.165) is 16.3 Å². The van der Waals surface area contributed by atoms with Crippen LogP contribution in [0.1, 0.15) is 12.4 Å². The van der Waals surface area contributed by atoms with Gasteiger partial charge in [0.25, 0.3) is 0 Å². The van der Waals surface area contributed by atoms with Crippen molar-refractivity contribution in [2.75, 3.05) is 0 Å². The van der Waals surface area contributed by atoms with Crippen LogP contribution < -0.4 is 0 Å². The summed E-state index contributed by atoms with van der Waals surface area (Å²) >= 11 is 7.50. The fourth-order valence-corrected chi connectivity index (χ4v) is 4.67. The fraction of sp³-hybridized carbons (Fsp3) is 0.0870. The Balaban J connectivity index is 1.59. The largest absolute Gasteiger partial charge is 0.320 e. The highest BCUT2D eigenvalue weighted by Gasteiger charge is 2.22. The van der Waals surface area contributed by atoms with Gasteiger partial charge in [-0.2, -0.15) is 8.78 Å². The summed E-state index contributed by atoms with van der Waals surface area (Å²) in [6, 6.07) is 19.9. The van der Waals surface area contributed by atoms with Crippen molar-refractivity contribution in [1.29, 1.82) is 0 Å². The van der Waals surface area contributed by atoms with E-state index in [9.17, 15) is 13.2 Å². The zero-order valence-corrected chi connectivity index (χ0v) is 18.4. The van der Waals surface area contributed by atoms with Crippen LogP contribution in [0.25, 0.3) is 28.1 Å². The number of rotatable bonds is 6. The Morgan fingerprint density at radius 1 is 0.909 bits per heavy atom. The van der Waals surface area contributed by atoms with Crippen LogP contribution in [0, 0.1) is 5.82 Å². The lowest BCUT2D eigenvalue weighted by molar-refractivity contribution is 0.0722. The first-order valence-electron chi connectivity index (χ1n) is 9.86. The van der Waals surface area contributed by atoms with E-state index in [1.165, 1.54) is 10.6 Å². The average Bonchev–Trinajstić information content (AvgIpc) is 3.39. The minimum atomic E-state index is -2.75. The van der Waals surface area contributed by atoms with Crippen LogP contribution in [-0.2, 0) is 5.75 Å². The predicted molar refractivity (Wildman–Crippen MR) is 122 cm³/mol. The number of para-hydroxylation sites is 3. The number of fused-ring (bicyclic) bond motifs is 1. The lowest BCUT2D eigenvalue weighted by atomic mass is 10.2. The molecule has 0 atom stereocenters. The smallest absolute Gasteiger partial charge is 0.269 e. The van der Waals surface area contributed by atoms with Crippen molar-refractivity contribution >= 4 is 34.4 Å². The standard InChI is InChI=1S/C23H15ClF3N5S/c24-15-8-2-1-7-14(15)21-29-30-23(32(21)18-11-5-3-9-16(18)25)33-13-20-28-17-10-4-6-12-19(17)31(20)22(26)27/h1-12,22H,13H2. The maximum absolute atomic E-state index is 14.8. The Morgan fingerprint density at radius 3 is 2.42 bits per heavy atom. The molecule has 0 fully saturated rings. The molecule has 5 rings (SSSR count). The Morgan fingerprint density at radius 2 is 1.64 bits per heavy atom. The van der Waals surface area contributed by atoms with E-state index in [-0.39, 0.29) is 17.3 Å². The molecular formula is C23H15ClF3N5S. The highest BCUT2D eigenvalue weighted by atomic mass is 35.5. The van der Waals surface area contributed by atoms with Crippen molar-refractivity contribution in [2.45, 2.75) is 17.5 Å². The minimum absolute atomic E-state index is 0.0775. The van der Waals surface area contributed by atoms with Crippen molar-refractivity contribution < 1.29 is 13.2 Å². The molecule has 0 unspecified atom stereocenters. The van der Waals surface area contributed by atoms with Gasteiger partial charge in [-0.1, -0.05) is 59.8 Å². The third kappa shape index (κ3) is 3.98. The molecule has 33 heavy (non-hydrogen) atoms. The van der Waals surface area contributed by atoms with E-state index in [0.29, 0.717) is 32.6 Å². The zero-order valence-electron chi connectivity index (χ0n) is 16.9. The van der Waals surface area contributed by atoms with Crippen LogP contribution in [-0.4, -0.2) is 24.3 Å². The first-order valence-corrected chi connectivity index (χ1v) is 11.2. The maximum Gasteiger partial charge on any atom is 0.320 e. The van der Waals surface area contributed by atoms with E-state index in [4.69, 9.17) is 11.6 Å². The van der Waals surface area contributed by atoms with E-state index in [1.54, 1.807) is 66.7 Å². The Hall–Kier alpha value is -3.30. The van der Waals surface area contributed by atoms with Crippen LogP contribution in [0.5, 0.6) is 0 Å². The number of thioether (sulfide) groups is 1. The molecule has 0 spiro atoms. The van der Waals surface area contributed by atoms with Gasteiger partial charge in [0.1, 0.15) is 11.6 Å². The molecular weight excluding hydrogens is 471 g/mol. The molecule has 0 bridgehead atoms. The van der Waals surface area contributed by atoms with E-state index >= 15 is 0 Å². The molecule has 0 saturated heterocycles. The minimum Gasteiger partial charge on any atom is -0.269 e. The van der Waals surface area contributed by atoms with Crippen LogP contribution in [0.3, 0.4) is 0 Å². The summed E-state index contributed by atoms with van der Waals surface area (Å²) in [5, 5.41) is 9.21. The lowest BCUT2D eigenvalue weighted by Gasteiger charge is -2.12. The van der Waals surface area contributed by atoms with Gasteiger partial charge in [-0.3, -0.25) is 9.13 Å². The summed E-state index contributed by atoms with van der Waals surface area (Å²) in [4.78, 5) is 4.36. The molecule has 0 radical (unpaired) electrons. The van der Waals surface area contributed by atoms with Gasteiger partial charge >= 0.3 is 6.55 Å². The summed E-state index contributed by atoms with van der Waals surface area (Å²) in [7, 11) is 0. The Bertz CT molecular complexity index is 1450. The molecule has 0 saturated carbocycles. The number of nitrogens with zero attached hydrogens (tertiary/aromatic N) is 5. The molecule has 0 aliphatic heterocycles. The molecule has 0 aliphatic carbocycles. The molecule has 0 amide bonds. The normalized spacial score (nSPS) is 11.5. The van der Waals surface area contributed by atoms with E-state index in [1.807, 2.05) is 0 Å². The quantitative estimate of drug-likeness (QED) is 0.249. The van der Waals surface area contributed by atoms with Crippen molar-refractivity contribution in [3.8, 4) is 17.1 Å². The second-order valence-electron chi connectivity index (χ2n) is 7.03. The molecule has 2 aromatic heterocycles. The maximum atomic E-state index is 14.8. The summed E-state index contributed by atoms with van der Waals surface area (Å²) < 4.78 is 44.8. The average molecular weight is 486 g/mol. The number of benzene rings is 3. The monoisotopic (exact) mass is 485 g/mol. The molecule has 2 heterocycles. The van der Waals surface area contributed by atoms with Crippen molar-refractivity contribution in [1.82, 2.24) is 24.3 Å². The topological polar surface area (TPSA) is 48.5 Å². The summed E-state index contributed by atoms with van der Waals surface area (Å²) in [6.45, 7) is -2.75. The second kappa shape index (κ2) is 8.92. The van der Waals surface area contributed by atoms with Crippen LogP contribution in [0.15, 0.2) is 78.0 Å².